The number of hydrogen-bond donors (Lipinski definition) is 3. The summed E-state index contributed by atoms with van der Waals surface area (Å²) in [5, 5.41) is 5.54. The predicted molar refractivity (Wildman–Crippen MR) is 109 cm³/mol. The van der Waals surface area contributed by atoms with E-state index in [1.165, 1.54) is 0 Å². The van der Waals surface area contributed by atoms with E-state index >= 15 is 0 Å². The van der Waals surface area contributed by atoms with E-state index in [1.54, 1.807) is 42.5 Å². The van der Waals surface area contributed by atoms with Crippen molar-refractivity contribution in [1.82, 2.24) is 5.32 Å². The van der Waals surface area contributed by atoms with Gasteiger partial charge in [-0.1, -0.05) is 6.07 Å². The molecule has 0 atom stereocenters. The van der Waals surface area contributed by atoms with Crippen LogP contribution in [0.1, 0.15) is 34.6 Å². The summed E-state index contributed by atoms with van der Waals surface area (Å²) in [6.07, 6.45) is 0.0268. The number of thiocarbonyl (C=S) groups is 1. The summed E-state index contributed by atoms with van der Waals surface area (Å²) in [4.78, 5) is 23.5. The zero-order valence-corrected chi connectivity index (χ0v) is 16.6. The van der Waals surface area contributed by atoms with Crippen LogP contribution in [0.3, 0.4) is 0 Å². The van der Waals surface area contributed by atoms with Crippen LogP contribution in [-0.2, 0) is 0 Å². The maximum Gasteiger partial charge on any atom is 0.257 e. The van der Waals surface area contributed by atoms with Crippen LogP contribution in [-0.4, -0.2) is 23.0 Å². The van der Waals surface area contributed by atoms with Crippen LogP contribution in [0.2, 0.25) is 0 Å². The van der Waals surface area contributed by atoms with Crippen LogP contribution in [0.25, 0.3) is 0 Å². The van der Waals surface area contributed by atoms with Crippen LogP contribution in [0, 0.1) is 0 Å². The monoisotopic (exact) mass is 435 g/mol. The van der Waals surface area contributed by atoms with Crippen LogP contribution in [0.4, 0.5) is 5.69 Å². The van der Waals surface area contributed by atoms with E-state index in [0.29, 0.717) is 27.0 Å². The van der Waals surface area contributed by atoms with Gasteiger partial charge in [0, 0.05) is 16.8 Å². The fraction of sp³-hybridized carbons (Fsp3) is 0.167. The van der Waals surface area contributed by atoms with E-state index < -0.39 is 5.91 Å². The summed E-state index contributed by atoms with van der Waals surface area (Å²) in [7, 11) is 0. The average Bonchev–Trinajstić information content (AvgIpc) is 2.56. The number of benzene rings is 2. The minimum absolute atomic E-state index is 0.0268. The van der Waals surface area contributed by atoms with Crippen molar-refractivity contribution in [2.75, 3.05) is 5.32 Å². The molecule has 0 spiro atoms. The Bertz CT molecular complexity index is 855. The highest BCUT2D eigenvalue weighted by Crippen LogP contribution is 2.27. The molecule has 8 heteroatoms. The van der Waals surface area contributed by atoms with E-state index in [1.807, 2.05) is 13.8 Å². The van der Waals surface area contributed by atoms with Gasteiger partial charge >= 0.3 is 0 Å². The maximum absolute atomic E-state index is 12.3. The van der Waals surface area contributed by atoms with Gasteiger partial charge in [0.1, 0.15) is 5.75 Å². The largest absolute Gasteiger partial charge is 0.490 e. The molecule has 0 heterocycles. The Labute approximate surface area is 165 Å². The lowest BCUT2D eigenvalue weighted by Gasteiger charge is -2.13. The zero-order chi connectivity index (χ0) is 19.3. The first-order chi connectivity index (χ1) is 12.3. The van der Waals surface area contributed by atoms with Crippen LogP contribution >= 0.6 is 28.1 Å². The normalized spacial score (nSPS) is 10.3. The van der Waals surface area contributed by atoms with Crippen molar-refractivity contribution in [2.45, 2.75) is 20.0 Å². The van der Waals surface area contributed by atoms with Crippen LogP contribution < -0.4 is 21.1 Å². The fourth-order valence-corrected chi connectivity index (χ4v) is 2.76. The van der Waals surface area contributed by atoms with Crippen molar-refractivity contribution in [3.8, 4) is 5.75 Å². The lowest BCUT2D eigenvalue weighted by atomic mass is 10.2. The molecule has 0 aromatic heterocycles. The fourth-order valence-electron chi connectivity index (χ4n) is 2.08. The van der Waals surface area contributed by atoms with Gasteiger partial charge in [-0.15, -0.1) is 0 Å². The molecule has 4 N–H and O–H groups in total. The standard InChI is InChI=1S/C18H18BrN3O3S/c1-10(2)25-15-7-6-12(9-14(15)19)17(24)22-18(26)21-13-5-3-4-11(8-13)16(20)23/h3-10H,1-2H3,(H2,20,23)(H2,21,22,24,26). The highest BCUT2D eigenvalue weighted by Gasteiger charge is 2.12. The number of nitrogens with two attached hydrogens (primary N) is 1. The molecule has 2 rings (SSSR count). The molecule has 0 aliphatic carbocycles. The van der Waals surface area contributed by atoms with Gasteiger partial charge < -0.3 is 15.8 Å². The Morgan fingerprint density at radius 1 is 1.15 bits per heavy atom. The predicted octanol–water partition coefficient (Wildman–Crippen LogP) is 3.46. The Kier molecular flexibility index (Phi) is 6.70. The SMILES string of the molecule is CC(C)Oc1ccc(C(=O)NC(=S)Nc2cccc(C(N)=O)c2)cc1Br. The molecule has 0 saturated heterocycles. The van der Waals surface area contributed by atoms with Gasteiger partial charge in [0.05, 0.1) is 10.6 Å². The summed E-state index contributed by atoms with van der Waals surface area (Å²) in [6, 6.07) is 11.5. The molecular weight excluding hydrogens is 418 g/mol. The van der Waals surface area contributed by atoms with Gasteiger partial charge in [-0.25, -0.2) is 0 Å². The van der Waals surface area contributed by atoms with Crippen molar-refractivity contribution >= 4 is 50.8 Å². The molecule has 6 nitrogen and oxygen atoms in total. The second kappa shape index (κ2) is 8.77. The Balaban J connectivity index is 2.03. The first kappa shape index (κ1) is 19.9. The summed E-state index contributed by atoms with van der Waals surface area (Å²) >= 11 is 8.53. The third-order valence-electron chi connectivity index (χ3n) is 3.19. The first-order valence-corrected chi connectivity index (χ1v) is 8.95. The molecule has 2 aromatic rings. The molecule has 0 aliphatic rings. The Hall–Kier alpha value is -2.45. The van der Waals surface area contributed by atoms with Gasteiger partial charge in [-0.05, 0) is 78.4 Å². The van der Waals surface area contributed by atoms with Gasteiger partial charge in [-0.2, -0.15) is 0 Å². The van der Waals surface area contributed by atoms with Crippen molar-refractivity contribution < 1.29 is 14.3 Å². The summed E-state index contributed by atoms with van der Waals surface area (Å²) < 4.78 is 6.29. The summed E-state index contributed by atoms with van der Waals surface area (Å²) in [6.45, 7) is 3.84. The number of carbonyl (C=O) groups excluding carboxylic acids is 2. The smallest absolute Gasteiger partial charge is 0.257 e. The molecule has 0 saturated carbocycles. The average molecular weight is 436 g/mol. The van der Waals surface area contributed by atoms with Gasteiger partial charge in [-0.3, -0.25) is 14.9 Å². The first-order valence-electron chi connectivity index (χ1n) is 7.74. The zero-order valence-electron chi connectivity index (χ0n) is 14.2. The van der Waals surface area contributed by atoms with E-state index in [2.05, 4.69) is 26.6 Å². The second-order valence-corrected chi connectivity index (χ2v) is 6.93. The Morgan fingerprint density at radius 2 is 1.88 bits per heavy atom. The third-order valence-corrected chi connectivity index (χ3v) is 4.01. The number of halogens is 1. The van der Waals surface area contributed by atoms with Crippen molar-refractivity contribution in [3.63, 3.8) is 0 Å². The lowest BCUT2D eigenvalue weighted by Crippen LogP contribution is -2.34. The maximum atomic E-state index is 12.3. The molecule has 0 radical (unpaired) electrons. The molecule has 0 fully saturated rings. The second-order valence-electron chi connectivity index (χ2n) is 5.67. The van der Waals surface area contributed by atoms with Crippen LogP contribution in [0.5, 0.6) is 5.75 Å². The highest BCUT2D eigenvalue weighted by molar-refractivity contribution is 9.10. The number of nitrogens with one attached hydrogen (secondary N) is 2. The molecule has 136 valence electrons. The van der Waals surface area contributed by atoms with E-state index in [0.717, 1.165) is 0 Å². The Morgan fingerprint density at radius 3 is 2.50 bits per heavy atom. The lowest BCUT2D eigenvalue weighted by molar-refractivity contribution is 0.0974. The highest BCUT2D eigenvalue weighted by atomic mass is 79.9. The molecular formula is C18H18BrN3O3S. The number of rotatable bonds is 5. The quantitative estimate of drug-likeness (QED) is 0.625. The van der Waals surface area contributed by atoms with E-state index in [-0.39, 0.29) is 17.1 Å². The van der Waals surface area contributed by atoms with Gasteiger partial charge in [0.15, 0.2) is 5.11 Å². The summed E-state index contributed by atoms with van der Waals surface area (Å²) in [5.74, 6) is -0.261. The molecule has 2 amide bonds. The molecule has 26 heavy (non-hydrogen) atoms. The number of amides is 2. The number of hydrogen-bond acceptors (Lipinski definition) is 4. The van der Waals surface area contributed by atoms with Crippen molar-refractivity contribution in [3.05, 3.63) is 58.1 Å². The minimum atomic E-state index is -0.544. The number of primary amides is 1. The molecule has 0 bridgehead atoms. The van der Waals surface area contributed by atoms with E-state index in [4.69, 9.17) is 22.7 Å². The summed E-state index contributed by atoms with van der Waals surface area (Å²) in [5.41, 5.74) is 6.55. The number of carbonyl (C=O) groups is 2. The number of anilines is 1. The van der Waals surface area contributed by atoms with E-state index in [9.17, 15) is 9.59 Å². The van der Waals surface area contributed by atoms with Crippen molar-refractivity contribution in [2.24, 2.45) is 5.73 Å². The van der Waals surface area contributed by atoms with Gasteiger partial charge in [0.2, 0.25) is 5.91 Å². The topological polar surface area (TPSA) is 93.4 Å². The number of ether oxygens (including phenoxy) is 1. The molecule has 2 aromatic carbocycles. The van der Waals surface area contributed by atoms with Crippen molar-refractivity contribution in [1.29, 1.82) is 0 Å². The van der Waals surface area contributed by atoms with Gasteiger partial charge in [0.25, 0.3) is 5.91 Å². The third kappa shape index (κ3) is 5.53. The van der Waals surface area contributed by atoms with Crippen LogP contribution in [0.15, 0.2) is 46.9 Å². The molecule has 0 unspecified atom stereocenters. The molecule has 0 aliphatic heterocycles. The minimum Gasteiger partial charge on any atom is -0.490 e.